The molecule has 1 unspecified atom stereocenters. The summed E-state index contributed by atoms with van der Waals surface area (Å²) in [5, 5.41) is 0. The van der Waals surface area contributed by atoms with Crippen LogP contribution in [0, 0.1) is 0 Å². The van der Waals surface area contributed by atoms with Crippen LogP contribution in [-0.4, -0.2) is 45.1 Å². The summed E-state index contributed by atoms with van der Waals surface area (Å²) in [6, 6.07) is 12.6. The van der Waals surface area contributed by atoms with Crippen LogP contribution in [0.1, 0.15) is 89.7 Å². The van der Waals surface area contributed by atoms with Crippen molar-refractivity contribution in [3.05, 3.63) is 84.2 Å². The lowest BCUT2D eigenvalue weighted by Gasteiger charge is -2.18. The summed E-state index contributed by atoms with van der Waals surface area (Å²) in [7, 11) is 0. The summed E-state index contributed by atoms with van der Waals surface area (Å²) in [5.41, 5.74) is 5.39. The number of hydrogen-bond acceptors (Lipinski definition) is 6. The highest BCUT2D eigenvalue weighted by Crippen LogP contribution is 2.32. The van der Waals surface area contributed by atoms with E-state index < -0.39 is 0 Å². The molecule has 1 aliphatic heterocycles. The number of unbranched alkanes of at least 4 members (excludes halogenated alkanes) is 7. The second-order valence-electron chi connectivity index (χ2n) is 12.0. The first-order chi connectivity index (χ1) is 21.8. The highest BCUT2D eigenvalue weighted by Gasteiger charge is 2.19. The molecule has 0 radical (unpaired) electrons. The summed E-state index contributed by atoms with van der Waals surface area (Å²) in [6.45, 7) is 20.1. The Morgan fingerprint density at radius 3 is 1.98 bits per heavy atom. The van der Waals surface area contributed by atoms with Gasteiger partial charge in [-0.15, -0.1) is 0 Å². The Balaban J connectivity index is 1.74. The topological polar surface area (TPSA) is 63.2 Å². The van der Waals surface area contributed by atoms with Crippen molar-refractivity contribution in [2.75, 3.05) is 33.0 Å². The molecule has 0 aliphatic carbocycles. The average molecular weight is 619 g/mol. The molecular weight excluding hydrogens is 564 g/mol. The maximum Gasteiger partial charge on any atom is 0.333 e. The molecule has 246 valence electrons. The van der Waals surface area contributed by atoms with Gasteiger partial charge in [0.05, 0.1) is 33.0 Å². The number of carbonyl (C=O) groups is 1. The van der Waals surface area contributed by atoms with E-state index in [0.29, 0.717) is 44.0 Å². The minimum Gasteiger partial charge on any atom is -0.494 e. The molecule has 2 aromatic rings. The van der Waals surface area contributed by atoms with Crippen LogP contribution >= 0.6 is 0 Å². The van der Waals surface area contributed by atoms with E-state index in [1.807, 2.05) is 19.1 Å². The van der Waals surface area contributed by atoms with Gasteiger partial charge in [0.25, 0.3) is 0 Å². The summed E-state index contributed by atoms with van der Waals surface area (Å²) in [5.74, 6) is 1.89. The van der Waals surface area contributed by atoms with Crippen LogP contribution in [-0.2, 0) is 31.8 Å². The summed E-state index contributed by atoms with van der Waals surface area (Å²) in [6.07, 6.45) is 12.1. The Labute approximate surface area is 271 Å². The molecule has 6 nitrogen and oxygen atoms in total. The van der Waals surface area contributed by atoms with E-state index in [9.17, 15) is 4.79 Å². The molecule has 0 N–H and O–H groups in total. The molecule has 0 saturated carbocycles. The average Bonchev–Trinajstić information content (AvgIpc) is 3.54. The van der Waals surface area contributed by atoms with Crippen molar-refractivity contribution in [3.63, 3.8) is 0 Å². The molecule has 2 aromatic carbocycles. The van der Waals surface area contributed by atoms with Crippen molar-refractivity contribution < 1.29 is 28.5 Å². The summed E-state index contributed by atoms with van der Waals surface area (Å²) in [4.78, 5) is 12.0. The SMILES string of the molecule is C=C(C)C(=C)OCCc1cc(-c2ccc(OCCCCCCCCCC)c(CCOC(=O)C(=C)C)c2)ccc1OC1CCOC1. The molecule has 45 heavy (non-hydrogen) atoms. The molecule has 1 atom stereocenters. The standard InChI is InChI=1S/C39H54O6/c1-7-8-9-10-11-12-13-14-22-43-37-17-15-32(26-34(37)20-25-44-39(40)30(4)5)33-16-18-38(45-36-21-23-41-28-36)35(27-33)19-24-42-31(6)29(2)3/h15-18,26-27,36H,2,4,6-14,19-25,28H2,1,3,5H3. The monoisotopic (exact) mass is 618 g/mol. The molecule has 3 rings (SSSR count). The van der Waals surface area contributed by atoms with Gasteiger partial charge in [-0.25, -0.2) is 4.79 Å². The number of carbonyl (C=O) groups excluding carboxylic acids is 1. The first kappa shape index (κ1) is 36.0. The Hall–Kier alpha value is -3.51. The van der Waals surface area contributed by atoms with Gasteiger partial charge >= 0.3 is 5.97 Å². The fraction of sp³-hybridized carbons (Fsp3) is 0.513. The lowest BCUT2D eigenvalue weighted by atomic mass is 9.98. The number of esters is 1. The minimum atomic E-state index is -0.378. The van der Waals surface area contributed by atoms with Gasteiger partial charge in [0, 0.05) is 24.8 Å². The molecule has 0 aromatic heterocycles. The van der Waals surface area contributed by atoms with Crippen molar-refractivity contribution >= 4 is 5.97 Å². The third-order valence-corrected chi connectivity index (χ3v) is 7.97. The van der Waals surface area contributed by atoms with Crippen molar-refractivity contribution in [1.29, 1.82) is 0 Å². The third-order valence-electron chi connectivity index (χ3n) is 7.97. The van der Waals surface area contributed by atoms with Gasteiger partial charge in [0.15, 0.2) is 0 Å². The normalized spacial score (nSPS) is 14.2. The van der Waals surface area contributed by atoms with Crippen LogP contribution in [0.2, 0.25) is 0 Å². The van der Waals surface area contributed by atoms with Gasteiger partial charge in [-0.05, 0) is 72.4 Å². The highest BCUT2D eigenvalue weighted by atomic mass is 16.5. The van der Waals surface area contributed by atoms with Gasteiger partial charge < -0.3 is 23.7 Å². The van der Waals surface area contributed by atoms with Crippen molar-refractivity contribution in [2.24, 2.45) is 0 Å². The van der Waals surface area contributed by atoms with Gasteiger partial charge in [0.1, 0.15) is 23.4 Å². The van der Waals surface area contributed by atoms with Crippen molar-refractivity contribution in [1.82, 2.24) is 0 Å². The van der Waals surface area contributed by atoms with Crippen LogP contribution in [0.15, 0.2) is 73.0 Å². The maximum absolute atomic E-state index is 12.0. The Morgan fingerprint density at radius 2 is 1.38 bits per heavy atom. The summed E-state index contributed by atoms with van der Waals surface area (Å²) < 4.78 is 29.4. The highest BCUT2D eigenvalue weighted by molar-refractivity contribution is 5.86. The predicted octanol–water partition coefficient (Wildman–Crippen LogP) is 9.35. The van der Waals surface area contributed by atoms with E-state index in [1.165, 1.54) is 44.9 Å². The number of rotatable bonds is 22. The molecule has 1 fully saturated rings. The quantitative estimate of drug-likeness (QED) is 0.0431. The van der Waals surface area contributed by atoms with Crippen LogP contribution < -0.4 is 9.47 Å². The van der Waals surface area contributed by atoms with E-state index in [-0.39, 0.29) is 18.7 Å². The predicted molar refractivity (Wildman–Crippen MR) is 183 cm³/mol. The Morgan fingerprint density at radius 1 is 0.778 bits per heavy atom. The number of benzene rings is 2. The molecule has 0 amide bonds. The fourth-order valence-corrected chi connectivity index (χ4v) is 5.15. The van der Waals surface area contributed by atoms with E-state index in [0.717, 1.165) is 58.8 Å². The van der Waals surface area contributed by atoms with Gasteiger partial charge in [-0.1, -0.05) is 83.7 Å². The maximum atomic E-state index is 12.0. The van der Waals surface area contributed by atoms with E-state index >= 15 is 0 Å². The van der Waals surface area contributed by atoms with Crippen molar-refractivity contribution in [2.45, 2.75) is 97.5 Å². The zero-order valence-electron chi connectivity index (χ0n) is 27.9. The second kappa shape index (κ2) is 19.8. The first-order valence-corrected chi connectivity index (χ1v) is 16.7. The van der Waals surface area contributed by atoms with Crippen molar-refractivity contribution in [3.8, 4) is 22.6 Å². The largest absolute Gasteiger partial charge is 0.494 e. The molecule has 1 heterocycles. The zero-order valence-corrected chi connectivity index (χ0v) is 27.9. The number of hydrogen-bond donors (Lipinski definition) is 0. The molecule has 1 aliphatic rings. The lowest BCUT2D eigenvalue weighted by molar-refractivity contribution is -0.138. The second-order valence-corrected chi connectivity index (χ2v) is 12.0. The van der Waals surface area contributed by atoms with Crippen LogP contribution in [0.25, 0.3) is 11.1 Å². The molecule has 0 spiro atoms. The van der Waals surface area contributed by atoms with E-state index in [2.05, 4.69) is 50.9 Å². The van der Waals surface area contributed by atoms with Gasteiger partial charge in [-0.2, -0.15) is 0 Å². The van der Waals surface area contributed by atoms with E-state index in [1.54, 1.807) is 6.92 Å². The number of ether oxygens (including phenoxy) is 5. The summed E-state index contributed by atoms with van der Waals surface area (Å²) >= 11 is 0. The van der Waals surface area contributed by atoms with Gasteiger partial charge in [-0.3, -0.25) is 0 Å². The Bertz CT molecular complexity index is 1260. The smallest absolute Gasteiger partial charge is 0.333 e. The zero-order chi connectivity index (χ0) is 32.4. The molecule has 0 bridgehead atoms. The first-order valence-electron chi connectivity index (χ1n) is 16.7. The van der Waals surface area contributed by atoms with Gasteiger partial charge in [0.2, 0.25) is 0 Å². The van der Waals surface area contributed by atoms with Crippen LogP contribution in [0.4, 0.5) is 0 Å². The fourth-order valence-electron chi connectivity index (χ4n) is 5.15. The minimum absolute atomic E-state index is 0.0481. The van der Waals surface area contributed by atoms with Crippen LogP contribution in [0.3, 0.4) is 0 Å². The Kier molecular flexibility index (Phi) is 15.8. The molecule has 1 saturated heterocycles. The van der Waals surface area contributed by atoms with E-state index in [4.69, 9.17) is 23.7 Å². The molecular formula is C39H54O6. The molecule has 6 heteroatoms. The van der Waals surface area contributed by atoms with Crippen LogP contribution in [0.5, 0.6) is 11.5 Å². The number of allylic oxidation sites excluding steroid dienone is 1. The lowest BCUT2D eigenvalue weighted by Crippen LogP contribution is -2.17. The third kappa shape index (κ3) is 12.8.